The van der Waals surface area contributed by atoms with Crippen molar-refractivity contribution in [3.8, 4) is 0 Å². The van der Waals surface area contributed by atoms with Crippen molar-refractivity contribution in [1.29, 1.82) is 0 Å². The Morgan fingerprint density at radius 2 is 2.08 bits per heavy atom. The van der Waals surface area contributed by atoms with Crippen LogP contribution in [0.15, 0.2) is 43.0 Å². The zero-order chi connectivity index (χ0) is 17.0. The van der Waals surface area contributed by atoms with Crippen LogP contribution < -0.4 is 4.90 Å². The lowest BCUT2D eigenvalue weighted by molar-refractivity contribution is 0.0555. The highest BCUT2D eigenvalue weighted by atomic mass is 16.5. The zero-order valence-electron chi connectivity index (χ0n) is 14.5. The van der Waals surface area contributed by atoms with E-state index in [0.717, 1.165) is 57.4 Å². The molecule has 2 fully saturated rings. The predicted molar refractivity (Wildman–Crippen MR) is 96.2 cm³/mol. The van der Waals surface area contributed by atoms with Gasteiger partial charge in [0.2, 0.25) is 0 Å². The number of pyridine rings is 1. The van der Waals surface area contributed by atoms with Crippen molar-refractivity contribution in [2.24, 2.45) is 5.41 Å². The van der Waals surface area contributed by atoms with Crippen LogP contribution in [-0.4, -0.2) is 59.2 Å². The second kappa shape index (κ2) is 7.45. The lowest BCUT2D eigenvalue weighted by Crippen LogP contribution is -2.50. The molecule has 2 saturated heterocycles. The molecule has 4 rings (SSSR count). The van der Waals surface area contributed by atoms with E-state index in [9.17, 15) is 0 Å². The maximum absolute atomic E-state index is 6.02. The standard InChI is InChI=1S/C19H25N5O/c1-2-7-21-17(4-1)12-23-10-11-25-15-19(13-23)6-3-9-24(14-19)18-5-8-20-16-22-18/h1-2,4-5,7-8,16H,3,6,9-15H2. The van der Waals surface area contributed by atoms with E-state index in [1.165, 1.54) is 12.8 Å². The van der Waals surface area contributed by atoms with Gasteiger partial charge in [-0.05, 0) is 31.0 Å². The predicted octanol–water partition coefficient (Wildman–Crippen LogP) is 1.99. The molecule has 6 heteroatoms. The lowest BCUT2D eigenvalue weighted by Gasteiger charge is -2.44. The topological polar surface area (TPSA) is 54.4 Å². The normalized spacial score (nSPS) is 25.0. The highest BCUT2D eigenvalue weighted by Gasteiger charge is 2.39. The van der Waals surface area contributed by atoms with Crippen LogP contribution in [0.2, 0.25) is 0 Å². The molecule has 2 aromatic rings. The summed E-state index contributed by atoms with van der Waals surface area (Å²) < 4.78 is 6.02. The van der Waals surface area contributed by atoms with Gasteiger partial charge in [-0.2, -0.15) is 0 Å². The van der Waals surface area contributed by atoms with E-state index in [1.54, 1.807) is 6.33 Å². The summed E-state index contributed by atoms with van der Waals surface area (Å²) in [6.45, 7) is 6.56. The van der Waals surface area contributed by atoms with Gasteiger partial charge >= 0.3 is 0 Å². The Morgan fingerprint density at radius 3 is 2.92 bits per heavy atom. The van der Waals surface area contributed by atoms with Gasteiger partial charge in [-0.1, -0.05) is 6.07 Å². The summed E-state index contributed by atoms with van der Waals surface area (Å²) in [4.78, 5) is 17.9. The number of hydrogen-bond donors (Lipinski definition) is 0. The fourth-order valence-corrected chi connectivity index (χ4v) is 4.06. The first-order valence-electron chi connectivity index (χ1n) is 9.04. The van der Waals surface area contributed by atoms with Gasteiger partial charge in [0.25, 0.3) is 0 Å². The van der Waals surface area contributed by atoms with E-state index in [1.807, 2.05) is 24.5 Å². The molecule has 132 valence electrons. The number of rotatable bonds is 3. The summed E-state index contributed by atoms with van der Waals surface area (Å²) >= 11 is 0. The first kappa shape index (κ1) is 16.4. The van der Waals surface area contributed by atoms with Crippen molar-refractivity contribution in [3.05, 3.63) is 48.7 Å². The summed E-state index contributed by atoms with van der Waals surface area (Å²) in [7, 11) is 0. The van der Waals surface area contributed by atoms with E-state index in [4.69, 9.17) is 4.74 Å². The van der Waals surface area contributed by atoms with Crippen LogP contribution in [0, 0.1) is 5.41 Å². The van der Waals surface area contributed by atoms with E-state index in [0.29, 0.717) is 0 Å². The second-order valence-corrected chi connectivity index (χ2v) is 7.18. The molecule has 0 aliphatic carbocycles. The van der Waals surface area contributed by atoms with Gasteiger partial charge in [0.15, 0.2) is 0 Å². The largest absolute Gasteiger partial charge is 0.379 e. The molecule has 0 amide bonds. The van der Waals surface area contributed by atoms with Crippen molar-refractivity contribution < 1.29 is 4.74 Å². The number of hydrogen-bond acceptors (Lipinski definition) is 6. The summed E-state index contributed by atoms with van der Waals surface area (Å²) in [6.07, 6.45) is 7.70. The fraction of sp³-hybridized carbons (Fsp3) is 0.526. The Labute approximate surface area is 148 Å². The van der Waals surface area contributed by atoms with Crippen molar-refractivity contribution >= 4 is 5.82 Å². The molecule has 2 aliphatic heterocycles. The number of ether oxygens (including phenoxy) is 1. The molecule has 25 heavy (non-hydrogen) atoms. The molecule has 4 heterocycles. The minimum atomic E-state index is 0.161. The van der Waals surface area contributed by atoms with Crippen molar-refractivity contribution in [2.75, 3.05) is 44.3 Å². The van der Waals surface area contributed by atoms with Gasteiger partial charge in [0.05, 0.1) is 18.9 Å². The zero-order valence-corrected chi connectivity index (χ0v) is 14.5. The Morgan fingerprint density at radius 1 is 1.08 bits per heavy atom. The van der Waals surface area contributed by atoms with Crippen LogP contribution in [-0.2, 0) is 11.3 Å². The third-order valence-corrected chi connectivity index (χ3v) is 5.18. The highest BCUT2D eigenvalue weighted by molar-refractivity contribution is 5.37. The fourth-order valence-electron chi connectivity index (χ4n) is 4.06. The third kappa shape index (κ3) is 3.96. The molecule has 1 spiro atoms. The first-order chi connectivity index (χ1) is 12.3. The van der Waals surface area contributed by atoms with Crippen LogP contribution >= 0.6 is 0 Å². The minimum Gasteiger partial charge on any atom is -0.379 e. The van der Waals surface area contributed by atoms with Crippen molar-refractivity contribution in [2.45, 2.75) is 19.4 Å². The smallest absolute Gasteiger partial charge is 0.131 e. The van der Waals surface area contributed by atoms with Gasteiger partial charge < -0.3 is 9.64 Å². The molecule has 0 bridgehead atoms. The highest BCUT2D eigenvalue weighted by Crippen LogP contribution is 2.34. The van der Waals surface area contributed by atoms with Crippen molar-refractivity contribution in [3.63, 3.8) is 0 Å². The Bertz CT molecular complexity index is 668. The van der Waals surface area contributed by atoms with E-state index >= 15 is 0 Å². The van der Waals surface area contributed by atoms with Gasteiger partial charge in [-0.15, -0.1) is 0 Å². The number of anilines is 1. The molecule has 0 saturated carbocycles. The average molecular weight is 339 g/mol. The summed E-state index contributed by atoms with van der Waals surface area (Å²) in [5.74, 6) is 1.02. The molecular weight excluding hydrogens is 314 g/mol. The Hall–Kier alpha value is -2.05. The molecule has 0 radical (unpaired) electrons. The number of piperidine rings is 1. The maximum Gasteiger partial charge on any atom is 0.131 e. The molecule has 6 nitrogen and oxygen atoms in total. The van der Waals surface area contributed by atoms with Crippen LogP contribution in [0.25, 0.3) is 0 Å². The SMILES string of the molecule is c1ccc(CN2CCOCC3(CCCN(c4ccncn4)C3)C2)nc1. The minimum absolute atomic E-state index is 0.161. The molecule has 2 aromatic heterocycles. The lowest BCUT2D eigenvalue weighted by atomic mass is 9.80. The Balaban J connectivity index is 1.49. The summed E-state index contributed by atoms with van der Waals surface area (Å²) in [5, 5.41) is 0. The van der Waals surface area contributed by atoms with E-state index < -0.39 is 0 Å². The Kier molecular flexibility index (Phi) is 4.90. The summed E-state index contributed by atoms with van der Waals surface area (Å²) in [5.41, 5.74) is 1.29. The first-order valence-corrected chi connectivity index (χ1v) is 9.04. The molecule has 1 unspecified atom stereocenters. The third-order valence-electron chi connectivity index (χ3n) is 5.18. The number of nitrogens with zero attached hydrogens (tertiary/aromatic N) is 5. The maximum atomic E-state index is 6.02. The van der Waals surface area contributed by atoms with Gasteiger partial charge in [0.1, 0.15) is 12.1 Å². The quantitative estimate of drug-likeness (QED) is 0.852. The van der Waals surface area contributed by atoms with Crippen LogP contribution in [0.3, 0.4) is 0 Å². The van der Waals surface area contributed by atoms with Crippen LogP contribution in [0.5, 0.6) is 0 Å². The number of aromatic nitrogens is 3. The molecule has 2 aliphatic rings. The van der Waals surface area contributed by atoms with Gasteiger partial charge in [-0.3, -0.25) is 9.88 Å². The van der Waals surface area contributed by atoms with Gasteiger partial charge in [-0.25, -0.2) is 9.97 Å². The molecule has 1 atom stereocenters. The molecule has 0 aromatic carbocycles. The van der Waals surface area contributed by atoms with Gasteiger partial charge in [0, 0.05) is 50.5 Å². The average Bonchev–Trinajstić information content (AvgIpc) is 2.85. The second-order valence-electron chi connectivity index (χ2n) is 7.18. The van der Waals surface area contributed by atoms with Crippen molar-refractivity contribution in [1.82, 2.24) is 19.9 Å². The van der Waals surface area contributed by atoms with Crippen LogP contribution in [0.1, 0.15) is 18.5 Å². The molecular formula is C19H25N5O. The van der Waals surface area contributed by atoms with Crippen LogP contribution in [0.4, 0.5) is 5.82 Å². The van der Waals surface area contributed by atoms with E-state index in [-0.39, 0.29) is 5.41 Å². The van der Waals surface area contributed by atoms with E-state index in [2.05, 4.69) is 36.9 Å². The summed E-state index contributed by atoms with van der Waals surface area (Å²) in [6, 6.07) is 8.13. The molecule has 0 N–H and O–H groups in total. The monoisotopic (exact) mass is 339 g/mol.